The number of aliphatic hydroxyl groups is 2. The fraction of sp³-hybridized carbons (Fsp3) is 0.750. The molecule has 2 N–H and O–H groups in total. The van der Waals surface area contributed by atoms with Gasteiger partial charge in [0.15, 0.2) is 22.9 Å². The molecular weight excluding hydrogens is 368 g/mol. The normalized spacial score (nSPS) is 54.7. The second-order valence-corrected chi connectivity index (χ2v) is 9.47. The van der Waals surface area contributed by atoms with Gasteiger partial charge in [0.2, 0.25) is 0 Å². The van der Waals surface area contributed by atoms with Crippen molar-refractivity contribution in [1.82, 2.24) is 0 Å². The van der Waals surface area contributed by atoms with Crippen LogP contribution in [0.1, 0.15) is 40.5 Å². The van der Waals surface area contributed by atoms with Crippen LogP contribution >= 0.6 is 0 Å². The van der Waals surface area contributed by atoms with Crippen LogP contribution in [0.5, 0.6) is 0 Å². The number of ketones is 2. The van der Waals surface area contributed by atoms with Gasteiger partial charge in [-0.25, -0.2) is 4.79 Å². The summed E-state index contributed by atoms with van der Waals surface area (Å²) in [7, 11) is 0. The first-order valence-corrected chi connectivity index (χ1v) is 9.75. The van der Waals surface area contributed by atoms with E-state index in [2.05, 4.69) is 0 Å². The van der Waals surface area contributed by atoms with Crippen LogP contribution in [0, 0.1) is 17.8 Å². The number of rotatable bonds is 0. The third kappa shape index (κ3) is 1.93. The average Bonchev–Trinajstić information content (AvgIpc) is 3.30. The molecule has 2 aliphatic carbocycles. The quantitative estimate of drug-likeness (QED) is 0.337. The highest BCUT2D eigenvalue weighted by Crippen LogP contribution is 2.63. The van der Waals surface area contributed by atoms with Crippen molar-refractivity contribution in [3.8, 4) is 0 Å². The van der Waals surface area contributed by atoms with E-state index in [0.29, 0.717) is 6.42 Å². The molecule has 0 aromatic heterocycles. The van der Waals surface area contributed by atoms with E-state index in [1.165, 1.54) is 6.92 Å². The lowest BCUT2D eigenvalue weighted by Crippen LogP contribution is -2.71. The number of carbonyl (C=O) groups is 3. The van der Waals surface area contributed by atoms with Gasteiger partial charge in [0.1, 0.15) is 35.1 Å². The molecule has 9 unspecified atom stereocenters. The summed E-state index contributed by atoms with van der Waals surface area (Å²) in [6.45, 7) is 6.57. The molecule has 0 radical (unpaired) electrons. The SMILES string of the molecule is CC1CC(C)(O)C(=O)C2OC2C2C(O)C3(C)OC4=C(C(=O)OC42CC3C)C1=O. The lowest BCUT2D eigenvalue weighted by molar-refractivity contribution is -0.274. The Hall–Kier alpha value is -1.77. The Bertz CT molecular complexity index is 858. The molecule has 1 spiro atoms. The van der Waals surface area contributed by atoms with Crippen LogP contribution in [-0.4, -0.2) is 62.9 Å². The molecule has 8 heteroatoms. The first kappa shape index (κ1) is 18.3. The second-order valence-electron chi connectivity index (χ2n) is 9.47. The Morgan fingerprint density at radius 3 is 2.43 bits per heavy atom. The summed E-state index contributed by atoms with van der Waals surface area (Å²) in [6, 6.07) is 0. The number of epoxide rings is 1. The summed E-state index contributed by atoms with van der Waals surface area (Å²) >= 11 is 0. The first-order chi connectivity index (χ1) is 12.9. The smallest absolute Gasteiger partial charge is 0.346 e. The van der Waals surface area contributed by atoms with Gasteiger partial charge in [-0.15, -0.1) is 0 Å². The fourth-order valence-corrected chi connectivity index (χ4v) is 5.74. The molecule has 9 atom stereocenters. The molecule has 4 heterocycles. The standard InChI is InChI=1S/C20H24O8/c1-7-5-18(3,25)15(23)13-12(26-13)10-14(22)19(4)8(2)6-20(10)16(27-19)9(11(7)21)17(24)28-20/h7-8,10,12-14,22,25H,5-6H2,1-4H3. The summed E-state index contributed by atoms with van der Waals surface area (Å²) in [5, 5.41) is 21.8. The van der Waals surface area contributed by atoms with Crippen molar-refractivity contribution in [2.45, 2.75) is 75.7 Å². The van der Waals surface area contributed by atoms with Crippen molar-refractivity contribution in [2.24, 2.45) is 17.8 Å². The zero-order valence-electron chi connectivity index (χ0n) is 16.2. The van der Waals surface area contributed by atoms with Gasteiger partial charge in [-0.2, -0.15) is 0 Å². The van der Waals surface area contributed by atoms with E-state index in [1.807, 2.05) is 6.92 Å². The summed E-state index contributed by atoms with van der Waals surface area (Å²) in [6.07, 6.45) is -2.46. The highest BCUT2D eigenvalue weighted by molar-refractivity contribution is 6.20. The molecule has 4 fully saturated rings. The Morgan fingerprint density at radius 1 is 1.07 bits per heavy atom. The maximum Gasteiger partial charge on any atom is 0.346 e. The van der Waals surface area contributed by atoms with E-state index in [-0.39, 0.29) is 23.7 Å². The zero-order chi connectivity index (χ0) is 20.4. The molecule has 0 aromatic carbocycles. The summed E-state index contributed by atoms with van der Waals surface area (Å²) in [5.41, 5.74) is -4.31. The maximum absolute atomic E-state index is 13.1. The fourth-order valence-electron chi connectivity index (χ4n) is 5.74. The number of hydrogen-bond donors (Lipinski definition) is 2. The van der Waals surface area contributed by atoms with Crippen LogP contribution in [0.2, 0.25) is 0 Å². The van der Waals surface area contributed by atoms with Crippen LogP contribution in [-0.2, 0) is 28.6 Å². The number of carbonyl (C=O) groups excluding carboxylic acids is 3. The number of fused-ring (bicyclic) bond motifs is 2. The molecule has 28 heavy (non-hydrogen) atoms. The predicted molar refractivity (Wildman–Crippen MR) is 91.7 cm³/mol. The summed E-state index contributed by atoms with van der Waals surface area (Å²) in [4.78, 5) is 38.8. The number of esters is 1. The van der Waals surface area contributed by atoms with Gasteiger partial charge in [0.25, 0.3) is 0 Å². The Balaban J connectivity index is 1.74. The molecule has 5 bridgehead atoms. The van der Waals surface area contributed by atoms with Gasteiger partial charge in [-0.3, -0.25) is 9.59 Å². The van der Waals surface area contributed by atoms with E-state index >= 15 is 0 Å². The van der Waals surface area contributed by atoms with Crippen LogP contribution in [0.15, 0.2) is 11.3 Å². The molecule has 152 valence electrons. The van der Waals surface area contributed by atoms with Gasteiger partial charge in [0.05, 0.1) is 5.92 Å². The summed E-state index contributed by atoms with van der Waals surface area (Å²) < 4.78 is 17.5. The van der Waals surface area contributed by atoms with Crippen molar-refractivity contribution in [2.75, 3.05) is 0 Å². The van der Waals surface area contributed by atoms with Crippen molar-refractivity contribution < 1.29 is 38.8 Å². The topological polar surface area (TPSA) is 123 Å². The number of ether oxygens (including phenoxy) is 3. The lowest BCUT2D eigenvalue weighted by Gasteiger charge is -2.59. The van der Waals surface area contributed by atoms with Crippen molar-refractivity contribution in [3.05, 3.63) is 11.3 Å². The highest BCUT2D eigenvalue weighted by atomic mass is 16.6. The van der Waals surface area contributed by atoms with E-state index < -0.39 is 64.5 Å². The molecule has 4 aliphatic heterocycles. The van der Waals surface area contributed by atoms with Gasteiger partial charge in [0, 0.05) is 18.3 Å². The number of hydrogen-bond acceptors (Lipinski definition) is 8. The summed E-state index contributed by atoms with van der Waals surface area (Å²) in [5.74, 6) is -3.33. The molecule has 0 amide bonds. The molecule has 6 rings (SSSR count). The second kappa shape index (κ2) is 5.04. The average molecular weight is 392 g/mol. The van der Waals surface area contributed by atoms with Gasteiger partial charge < -0.3 is 24.4 Å². The third-order valence-corrected chi connectivity index (χ3v) is 7.53. The highest BCUT2D eigenvalue weighted by Gasteiger charge is 2.76. The van der Waals surface area contributed by atoms with Crippen LogP contribution < -0.4 is 0 Å². The Morgan fingerprint density at radius 2 is 1.75 bits per heavy atom. The molecular formula is C20H24O8. The van der Waals surface area contributed by atoms with Gasteiger partial charge in [-0.05, 0) is 20.3 Å². The third-order valence-electron chi connectivity index (χ3n) is 7.53. The molecule has 6 aliphatic rings. The first-order valence-electron chi connectivity index (χ1n) is 9.75. The molecule has 0 aromatic rings. The van der Waals surface area contributed by atoms with Crippen LogP contribution in [0.4, 0.5) is 0 Å². The maximum atomic E-state index is 13.1. The lowest BCUT2D eigenvalue weighted by atomic mass is 9.57. The van der Waals surface area contributed by atoms with E-state index in [4.69, 9.17) is 14.2 Å². The minimum atomic E-state index is -1.78. The van der Waals surface area contributed by atoms with Gasteiger partial charge in [-0.1, -0.05) is 13.8 Å². The number of aliphatic hydroxyl groups excluding tert-OH is 1. The van der Waals surface area contributed by atoms with Gasteiger partial charge >= 0.3 is 5.97 Å². The van der Waals surface area contributed by atoms with Crippen molar-refractivity contribution >= 4 is 17.5 Å². The molecule has 1 saturated carbocycles. The largest absolute Gasteiger partial charge is 0.484 e. The zero-order valence-corrected chi connectivity index (χ0v) is 16.2. The minimum absolute atomic E-state index is 0.144. The van der Waals surface area contributed by atoms with E-state index in [1.54, 1.807) is 13.8 Å². The van der Waals surface area contributed by atoms with E-state index in [9.17, 15) is 24.6 Å². The Labute approximate surface area is 161 Å². The molecule has 3 saturated heterocycles. The minimum Gasteiger partial charge on any atom is -0.484 e. The van der Waals surface area contributed by atoms with Crippen molar-refractivity contribution in [3.63, 3.8) is 0 Å². The van der Waals surface area contributed by atoms with Crippen LogP contribution in [0.25, 0.3) is 0 Å². The monoisotopic (exact) mass is 392 g/mol. The Kier molecular flexibility index (Phi) is 3.29. The number of Topliss-reactive ketones (excluding diaryl/α,β-unsaturated/α-hetero) is 2. The predicted octanol–water partition coefficient (Wildman–Crippen LogP) is 0.0383. The van der Waals surface area contributed by atoms with Crippen LogP contribution in [0.3, 0.4) is 0 Å². The molecule has 8 nitrogen and oxygen atoms in total. The van der Waals surface area contributed by atoms with E-state index in [0.717, 1.165) is 0 Å². The van der Waals surface area contributed by atoms with Crippen molar-refractivity contribution in [1.29, 1.82) is 0 Å².